The van der Waals surface area contributed by atoms with Crippen molar-refractivity contribution >= 4 is 23.5 Å². The van der Waals surface area contributed by atoms with E-state index < -0.39 is 5.75 Å². The van der Waals surface area contributed by atoms with Gasteiger partial charge in [0.2, 0.25) is 11.5 Å². The van der Waals surface area contributed by atoms with Crippen molar-refractivity contribution in [3.8, 4) is 17.2 Å². The number of hydrogen-bond donors (Lipinski definition) is 2. The SMILES string of the molecule is O=C1/C(=C/c2cccc(Cl)c2)Oc2c1ccc(O)c2O. The topological polar surface area (TPSA) is 66.8 Å². The molecule has 2 N–H and O–H groups in total. The molecule has 4 nitrogen and oxygen atoms in total. The predicted octanol–water partition coefficient (Wildman–Crippen LogP) is 3.37. The molecule has 20 heavy (non-hydrogen) atoms. The summed E-state index contributed by atoms with van der Waals surface area (Å²) < 4.78 is 5.33. The van der Waals surface area contributed by atoms with Gasteiger partial charge in [-0.05, 0) is 35.9 Å². The molecule has 1 aliphatic rings. The summed E-state index contributed by atoms with van der Waals surface area (Å²) in [5, 5.41) is 19.6. The smallest absolute Gasteiger partial charge is 0.232 e. The maximum atomic E-state index is 12.1. The van der Waals surface area contributed by atoms with E-state index in [2.05, 4.69) is 0 Å². The maximum Gasteiger partial charge on any atom is 0.232 e. The van der Waals surface area contributed by atoms with Crippen LogP contribution in [0.1, 0.15) is 15.9 Å². The van der Waals surface area contributed by atoms with E-state index in [0.717, 1.165) is 0 Å². The summed E-state index contributed by atoms with van der Waals surface area (Å²) >= 11 is 5.87. The molecule has 5 heteroatoms. The Balaban J connectivity index is 2.04. The number of phenolic OH excluding ortho intramolecular Hbond substituents is 2. The van der Waals surface area contributed by atoms with E-state index in [4.69, 9.17) is 16.3 Å². The highest BCUT2D eigenvalue weighted by molar-refractivity contribution is 6.30. The van der Waals surface area contributed by atoms with Gasteiger partial charge in [-0.1, -0.05) is 23.7 Å². The summed E-state index contributed by atoms with van der Waals surface area (Å²) in [6.07, 6.45) is 1.53. The molecule has 100 valence electrons. The molecule has 0 amide bonds. The Labute approximate surface area is 119 Å². The summed E-state index contributed by atoms with van der Waals surface area (Å²) in [6.45, 7) is 0. The lowest BCUT2D eigenvalue weighted by Gasteiger charge is -2.02. The molecule has 0 aliphatic carbocycles. The Morgan fingerprint density at radius 2 is 1.95 bits per heavy atom. The molecule has 1 aliphatic heterocycles. The molecule has 0 fully saturated rings. The number of carbonyl (C=O) groups excluding carboxylic acids is 1. The number of benzene rings is 2. The number of rotatable bonds is 1. The minimum atomic E-state index is -0.439. The quantitative estimate of drug-likeness (QED) is 0.624. The summed E-state index contributed by atoms with van der Waals surface area (Å²) in [7, 11) is 0. The zero-order valence-electron chi connectivity index (χ0n) is 10.1. The van der Waals surface area contributed by atoms with Crippen molar-refractivity contribution in [1.29, 1.82) is 0 Å². The van der Waals surface area contributed by atoms with Gasteiger partial charge in [0, 0.05) is 5.02 Å². The first kappa shape index (κ1) is 12.6. The first-order chi connectivity index (χ1) is 9.56. The van der Waals surface area contributed by atoms with Crippen LogP contribution < -0.4 is 4.74 Å². The second-order valence-corrected chi connectivity index (χ2v) is 4.74. The Morgan fingerprint density at radius 3 is 2.70 bits per heavy atom. The van der Waals surface area contributed by atoms with Gasteiger partial charge in [0.05, 0.1) is 5.56 Å². The van der Waals surface area contributed by atoms with Gasteiger partial charge in [-0.3, -0.25) is 4.79 Å². The molecule has 1 heterocycles. The van der Waals surface area contributed by atoms with Gasteiger partial charge < -0.3 is 14.9 Å². The summed E-state index contributed by atoms with van der Waals surface area (Å²) in [5.74, 6) is -1.08. The number of aromatic hydroxyl groups is 2. The van der Waals surface area contributed by atoms with Crippen LogP contribution in [0.4, 0.5) is 0 Å². The van der Waals surface area contributed by atoms with Gasteiger partial charge in [0.25, 0.3) is 0 Å². The monoisotopic (exact) mass is 288 g/mol. The highest BCUT2D eigenvalue weighted by Crippen LogP contribution is 2.44. The normalized spacial score (nSPS) is 15.2. The fourth-order valence-corrected chi connectivity index (χ4v) is 2.17. The van der Waals surface area contributed by atoms with Crippen molar-refractivity contribution in [2.45, 2.75) is 0 Å². The van der Waals surface area contributed by atoms with Crippen molar-refractivity contribution < 1.29 is 19.7 Å². The largest absolute Gasteiger partial charge is 0.504 e. The van der Waals surface area contributed by atoms with E-state index in [-0.39, 0.29) is 28.6 Å². The Hall–Kier alpha value is -2.46. The van der Waals surface area contributed by atoms with Gasteiger partial charge in [-0.15, -0.1) is 0 Å². The number of hydrogen-bond acceptors (Lipinski definition) is 4. The standard InChI is InChI=1S/C15H9ClO4/c16-9-3-1-2-8(6-9)7-12-13(18)10-4-5-11(17)14(19)15(10)20-12/h1-7,17,19H/b12-7-. The lowest BCUT2D eigenvalue weighted by molar-refractivity contribution is 0.101. The number of carbonyl (C=O) groups is 1. The first-order valence-electron chi connectivity index (χ1n) is 5.81. The molecule has 0 unspecified atom stereocenters. The maximum absolute atomic E-state index is 12.1. The van der Waals surface area contributed by atoms with Crippen LogP contribution in [0.3, 0.4) is 0 Å². The molecular formula is C15H9ClO4. The van der Waals surface area contributed by atoms with Crippen LogP contribution in [0, 0.1) is 0 Å². The van der Waals surface area contributed by atoms with Crippen LogP contribution in [0.25, 0.3) is 6.08 Å². The zero-order chi connectivity index (χ0) is 14.3. The second kappa shape index (κ2) is 4.58. The van der Waals surface area contributed by atoms with Gasteiger partial charge in [0.15, 0.2) is 17.3 Å². The second-order valence-electron chi connectivity index (χ2n) is 4.30. The summed E-state index contributed by atoms with van der Waals surface area (Å²) in [5.41, 5.74) is 0.922. The van der Waals surface area contributed by atoms with Crippen LogP contribution in [-0.4, -0.2) is 16.0 Å². The van der Waals surface area contributed by atoms with Crippen LogP contribution in [-0.2, 0) is 0 Å². The van der Waals surface area contributed by atoms with E-state index in [1.807, 2.05) is 0 Å². The Morgan fingerprint density at radius 1 is 1.15 bits per heavy atom. The van der Waals surface area contributed by atoms with E-state index in [0.29, 0.717) is 10.6 Å². The van der Waals surface area contributed by atoms with Gasteiger partial charge in [0.1, 0.15) is 0 Å². The van der Waals surface area contributed by atoms with Crippen molar-refractivity contribution in [1.82, 2.24) is 0 Å². The third-order valence-corrected chi connectivity index (χ3v) is 3.17. The number of Topliss-reactive ketones (excluding diaryl/α,β-unsaturated/α-hetero) is 1. The molecular weight excluding hydrogens is 280 g/mol. The highest BCUT2D eigenvalue weighted by Gasteiger charge is 2.31. The minimum Gasteiger partial charge on any atom is -0.504 e. The molecule has 0 saturated carbocycles. The Bertz CT molecular complexity index is 750. The minimum absolute atomic E-state index is 0.0247. The zero-order valence-corrected chi connectivity index (χ0v) is 10.9. The molecule has 2 aromatic carbocycles. The molecule has 0 saturated heterocycles. The number of ketones is 1. The van der Waals surface area contributed by atoms with Crippen molar-refractivity contribution in [2.75, 3.05) is 0 Å². The van der Waals surface area contributed by atoms with E-state index in [1.54, 1.807) is 24.3 Å². The van der Waals surface area contributed by atoms with Crippen molar-refractivity contribution in [3.63, 3.8) is 0 Å². The fraction of sp³-hybridized carbons (Fsp3) is 0. The van der Waals surface area contributed by atoms with Crippen molar-refractivity contribution in [3.05, 3.63) is 58.3 Å². The highest BCUT2D eigenvalue weighted by atomic mass is 35.5. The van der Waals surface area contributed by atoms with E-state index in [1.165, 1.54) is 18.2 Å². The third-order valence-electron chi connectivity index (χ3n) is 2.94. The first-order valence-corrected chi connectivity index (χ1v) is 6.19. The number of phenols is 2. The van der Waals surface area contributed by atoms with Gasteiger partial charge in [-0.2, -0.15) is 0 Å². The summed E-state index contributed by atoms with van der Waals surface area (Å²) in [4.78, 5) is 12.1. The van der Waals surface area contributed by atoms with Crippen LogP contribution in [0.5, 0.6) is 17.2 Å². The lowest BCUT2D eigenvalue weighted by Crippen LogP contribution is -1.97. The average Bonchev–Trinajstić information content (AvgIpc) is 2.72. The average molecular weight is 289 g/mol. The Kier molecular flexibility index (Phi) is 2.88. The van der Waals surface area contributed by atoms with Crippen molar-refractivity contribution in [2.24, 2.45) is 0 Å². The molecule has 0 aromatic heterocycles. The predicted molar refractivity (Wildman–Crippen MR) is 74.2 cm³/mol. The number of halogens is 1. The van der Waals surface area contributed by atoms with Crippen LogP contribution in [0.15, 0.2) is 42.2 Å². The van der Waals surface area contributed by atoms with Gasteiger partial charge >= 0.3 is 0 Å². The molecule has 0 bridgehead atoms. The molecule has 0 spiro atoms. The lowest BCUT2D eigenvalue weighted by atomic mass is 10.1. The molecule has 0 radical (unpaired) electrons. The van der Waals surface area contributed by atoms with Crippen LogP contribution >= 0.6 is 11.6 Å². The van der Waals surface area contributed by atoms with Gasteiger partial charge in [-0.25, -0.2) is 0 Å². The number of allylic oxidation sites excluding steroid dienone is 1. The molecule has 3 rings (SSSR count). The fourth-order valence-electron chi connectivity index (χ4n) is 1.97. The number of ether oxygens (including phenoxy) is 1. The van der Waals surface area contributed by atoms with E-state index >= 15 is 0 Å². The molecule has 2 aromatic rings. The van der Waals surface area contributed by atoms with Crippen LogP contribution in [0.2, 0.25) is 5.02 Å². The third kappa shape index (κ3) is 2.00. The molecule has 0 atom stereocenters. The number of fused-ring (bicyclic) bond motifs is 1. The summed E-state index contributed by atoms with van der Waals surface area (Å²) in [6, 6.07) is 9.59. The van der Waals surface area contributed by atoms with E-state index in [9.17, 15) is 15.0 Å².